The maximum atomic E-state index is 4.66. The molecule has 5 nitrogen and oxygen atoms in total. The first-order valence-corrected chi connectivity index (χ1v) is 6.48. The third-order valence-electron chi connectivity index (χ3n) is 3.42. The van der Waals surface area contributed by atoms with Gasteiger partial charge in [0.05, 0.1) is 22.3 Å². The van der Waals surface area contributed by atoms with E-state index in [2.05, 4.69) is 33.0 Å². The fourth-order valence-electron chi connectivity index (χ4n) is 2.43. The number of rotatable bonds is 1. The standard InChI is InChI=1S/C15H13N5/c1-9-4-3-5-12-14(9)18-15(17-12)11-7-16-13-6-10(2)19-20(13)8-11/h3-8H,1-2H3,(H,17,18). The van der Waals surface area contributed by atoms with Gasteiger partial charge >= 0.3 is 0 Å². The number of nitrogens with one attached hydrogen (secondary N) is 1. The number of aromatic amines is 1. The highest BCUT2D eigenvalue weighted by molar-refractivity contribution is 5.82. The monoisotopic (exact) mass is 263 g/mol. The normalized spacial score (nSPS) is 11.5. The Balaban J connectivity index is 1.93. The SMILES string of the molecule is Cc1cc2ncc(-c3nc4c(C)cccc4[nH]3)cn2n1. The summed E-state index contributed by atoms with van der Waals surface area (Å²) in [4.78, 5) is 12.4. The van der Waals surface area contributed by atoms with Crippen molar-refractivity contribution in [2.24, 2.45) is 0 Å². The van der Waals surface area contributed by atoms with Crippen LogP contribution >= 0.6 is 0 Å². The molecule has 0 radical (unpaired) electrons. The molecule has 0 spiro atoms. The van der Waals surface area contributed by atoms with Crippen molar-refractivity contribution >= 4 is 16.7 Å². The molecule has 5 heteroatoms. The summed E-state index contributed by atoms with van der Waals surface area (Å²) in [5.74, 6) is 0.817. The summed E-state index contributed by atoms with van der Waals surface area (Å²) in [7, 11) is 0. The van der Waals surface area contributed by atoms with E-state index in [1.807, 2.05) is 37.5 Å². The van der Waals surface area contributed by atoms with Crippen molar-refractivity contribution in [3.8, 4) is 11.4 Å². The minimum atomic E-state index is 0.817. The van der Waals surface area contributed by atoms with Crippen LogP contribution in [-0.4, -0.2) is 24.6 Å². The number of imidazole rings is 1. The highest BCUT2D eigenvalue weighted by atomic mass is 15.2. The van der Waals surface area contributed by atoms with Crippen molar-refractivity contribution in [1.82, 2.24) is 24.6 Å². The molecule has 0 atom stereocenters. The van der Waals surface area contributed by atoms with E-state index in [9.17, 15) is 0 Å². The van der Waals surface area contributed by atoms with Crippen LogP contribution in [0.2, 0.25) is 0 Å². The van der Waals surface area contributed by atoms with E-state index < -0.39 is 0 Å². The Labute approximate surface area is 115 Å². The van der Waals surface area contributed by atoms with Gasteiger partial charge in [-0.05, 0) is 25.5 Å². The molecule has 3 heterocycles. The van der Waals surface area contributed by atoms with E-state index in [1.54, 1.807) is 4.52 Å². The topological polar surface area (TPSA) is 58.9 Å². The number of fused-ring (bicyclic) bond motifs is 2. The molecule has 0 aliphatic heterocycles. The Morgan fingerprint density at radius 3 is 2.95 bits per heavy atom. The molecule has 98 valence electrons. The number of H-pyrrole nitrogens is 1. The van der Waals surface area contributed by atoms with Gasteiger partial charge in [0.2, 0.25) is 0 Å². The Morgan fingerprint density at radius 2 is 2.10 bits per heavy atom. The molecule has 1 N–H and O–H groups in total. The molecule has 0 bridgehead atoms. The number of aryl methyl sites for hydroxylation is 2. The van der Waals surface area contributed by atoms with Gasteiger partial charge in [0.25, 0.3) is 0 Å². The number of aromatic nitrogens is 5. The first-order chi connectivity index (χ1) is 9.70. The van der Waals surface area contributed by atoms with Crippen LogP contribution in [0.25, 0.3) is 28.1 Å². The lowest BCUT2D eigenvalue weighted by Gasteiger charge is -1.97. The molecular weight excluding hydrogens is 250 g/mol. The second kappa shape index (κ2) is 3.90. The van der Waals surface area contributed by atoms with Crippen LogP contribution in [0.4, 0.5) is 0 Å². The van der Waals surface area contributed by atoms with Crippen molar-refractivity contribution in [3.63, 3.8) is 0 Å². The van der Waals surface area contributed by atoms with E-state index in [1.165, 1.54) is 0 Å². The maximum Gasteiger partial charge on any atom is 0.155 e. The van der Waals surface area contributed by atoms with Gasteiger partial charge in [-0.3, -0.25) is 0 Å². The fraction of sp³-hybridized carbons (Fsp3) is 0.133. The Kier molecular flexibility index (Phi) is 2.18. The molecule has 0 fully saturated rings. The summed E-state index contributed by atoms with van der Waals surface area (Å²) in [6.45, 7) is 4.02. The van der Waals surface area contributed by atoms with Crippen molar-refractivity contribution in [3.05, 3.63) is 47.9 Å². The molecule has 0 aliphatic rings. The third kappa shape index (κ3) is 1.60. The lowest BCUT2D eigenvalue weighted by atomic mass is 10.2. The molecule has 4 rings (SSSR count). The second-order valence-electron chi connectivity index (χ2n) is 4.99. The van der Waals surface area contributed by atoms with Crippen LogP contribution in [0.5, 0.6) is 0 Å². The van der Waals surface area contributed by atoms with Crippen LogP contribution < -0.4 is 0 Å². The van der Waals surface area contributed by atoms with Crippen molar-refractivity contribution < 1.29 is 0 Å². The number of para-hydroxylation sites is 1. The van der Waals surface area contributed by atoms with Gasteiger partial charge in [-0.1, -0.05) is 12.1 Å². The molecule has 1 aromatic carbocycles. The first kappa shape index (κ1) is 11.2. The summed E-state index contributed by atoms with van der Waals surface area (Å²) in [5.41, 5.74) is 5.93. The molecule has 0 aliphatic carbocycles. The molecule has 20 heavy (non-hydrogen) atoms. The van der Waals surface area contributed by atoms with E-state index in [0.717, 1.165) is 39.3 Å². The van der Waals surface area contributed by atoms with E-state index in [4.69, 9.17) is 0 Å². The fourth-order valence-corrected chi connectivity index (χ4v) is 2.43. The molecule has 3 aromatic heterocycles. The minimum Gasteiger partial charge on any atom is -0.338 e. The molecule has 0 unspecified atom stereocenters. The predicted octanol–water partition coefficient (Wildman–Crippen LogP) is 2.89. The number of hydrogen-bond acceptors (Lipinski definition) is 3. The lowest BCUT2D eigenvalue weighted by molar-refractivity contribution is 0.917. The molecule has 4 aromatic rings. The smallest absolute Gasteiger partial charge is 0.155 e. The summed E-state index contributed by atoms with van der Waals surface area (Å²) < 4.78 is 1.78. The van der Waals surface area contributed by atoms with Gasteiger partial charge in [0.1, 0.15) is 5.82 Å². The van der Waals surface area contributed by atoms with Crippen molar-refractivity contribution in [2.75, 3.05) is 0 Å². The summed E-state index contributed by atoms with van der Waals surface area (Å²) >= 11 is 0. The van der Waals surface area contributed by atoms with Crippen molar-refractivity contribution in [1.29, 1.82) is 0 Å². The molecular formula is C15H13N5. The maximum absolute atomic E-state index is 4.66. The lowest BCUT2D eigenvalue weighted by Crippen LogP contribution is -1.92. The molecule has 0 saturated carbocycles. The van der Waals surface area contributed by atoms with E-state index in [-0.39, 0.29) is 0 Å². The van der Waals surface area contributed by atoms with Crippen LogP contribution in [0.15, 0.2) is 36.7 Å². The van der Waals surface area contributed by atoms with Crippen LogP contribution in [0.3, 0.4) is 0 Å². The molecule has 0 amide bonds. The average Bonchev–Trinajstić information content (AvgIpc) is 3.00. The van der Waals surface area contributed by atoms with Gasteiger partial charge in [0.15, 0.2) is 5.65 Å². The van der Waals surface area contributed by atoms with Gasteiger partial charge in [-0.15, -0.1) is 0 Å². The first-order valence-electron chi connectivity index (χ1n) is 6.48. The zero-order valence-electron chi connectivity index (χ0n) is 11.3. The molecule has 0 saturated heterocycles. The van der Waals surface area contributed by atoms with Gasteiger partial charge in [0, 0.05) is 18.5 Å². The van der Waals surface area contributed by atoms with Gasteiger partial charge in [-0.2, -0.15) is 5.10 Å². The van der Waals surface area contributed by atoms with Crippen LogP contribution in [0.1, 0.15) is 11.3 Å². The summed E-state index contributed by atoms with van der Waals surface area (Å²) in [6.07, 6.45) is 3.77. The Morgan fingerprint density at radius 1 is 1.20 bits per heavy atom. The highest BCUT2D eigenvalue weighted by Gasteiger charge is 2.09. The van der Waals surface area contributed by atoms with Gasteiger partial charge in [-0.25, -0.2) is 14.5 Å². The van der Waals surface area contributed by atoms with E-state index in [0.29, 0.717) is 0 Å². The number of benzene rings is 1. The Hall–Kier alpha value is -2.69. The van der Waals surface area contributed by atoms with Crippen LogP contribution in [-0.2, 0) is 0 Å². The second-order valence-corrected chi connectivity index (χ2v) is 4.99. The number of hydrogen-bond donors (Lipinski definition) is 1. The van der Waals surface area contributed by atoms with E-state index >= 15 is 0 Å². The quantitative estimate of drug-likeness (QED) is 0.574. The van der Waals surface area contributed by atoms with Crippen LogP contribution in [0, 0.1) is 13.8 Å². The zero-order chi connectivity index (χ0) is 13.7. The highest BCUT2D eigenvalue weighted by Crippen LogP contribution is 2.22. The average molecular weight is 263 g/mol. The van der Waals surface area contributed by atoms with Crippen molar-refractivity contribution in [2.45, 2.75) is 13.8 Å². The number of nitrogens with zero attached hydrogens (tertiary/aromatic N) is 4. The minimum absolute atomic E-state index is 0.817. The summed E-state index contributed by atoms with van der Waals surface area (Å²) in [5, 5.41) is 4.38. The largest absolute Gasteiger partial charge is 0.338 e. The predicted molar refractivity (Wildman–Crippen MR) is 77.5 cm³/mol. The van der Waals surface area contributed by atoms with Gasteiger partial charge < -0.3 is 4.98 Å². The third-order valence-corrected chi connectivity index (χ3v) is 3.42. The Bertz CT molecular complexity index is 932. The summed E-state index contributed by atoms with van der Waals surface area (Å²) in [6, 6.07) is 8.07. The zero-order valence-corrected chi connectivity index (χ0v) is 11.3.